The van der Waals surface area contributed by atoms with Crippen LogP contribution in [0.25, 0.3) is 0 Å². The van der Waals surface area contributed by atoms with Crippen LogP contribution >= 0.6 is 0 Å². The first-order valence-electron chi connectivity index (χ1n) is 9.79. The number of carbonyl (C=O) groups is 2. The Morgan fingerprint density at radius 2 is 1.32 bits per heavy atom. The van der Waals surface area contributed by atoms with Crippen LogP contribution in [-0.2, 0) is 19.1 Å². The van der Waals surface area contributed by atoms with E-state index < -0.39 is 72.3 Å². The zero-order valence-electron chi connectivity index (χ0n) is 17.7. The van der Waals surface area contributed by atoms with E-state index in [-0.39, 0.29) is 5.56 Å². The van der Waals surface area contributed by atoms with E-state index in [4.69, 9.17) is 5.26 Å². The molecule has 1 unspecified atom stereocenters. The van der Waals surface area contributed by atoms with Gasteiger partial charge in [-0.25, -0.2) is 5.32 Å². The molecular formula is C20H20F6N2O6. The minimum absolute atomic E-state index is 0.0461. The molecule has 0 amide bonds. The molecule has 0 aromatic heterocycles. The summed E-state index contributed by atoms with van der Waals surface area (Å²) < 4.78 is 93.4. The van der Waals surface area contributed by atoms with Crippen molar-refractivity contribution in [3.8, 4) is 6.07 Å². The molecule has 3 N–H and O–H groups in total. The van der Waals surface area contributed by atoms with Crippen LogP contribution in [0.15, 0.2) is 24.3 Å². The lowest BCUT2D eigenvalue weighted by Crippen LogP contribution is -2.81. The Labute approximate surface area is 189 Å². The van der Waals surface area contributed by atoms with E-state index in [2.05, 4.69) is 9.47 Å². The molecule has 188 valence electrons. The van der Waals surface area contributed by atoms with Gasteiger partial charge in [-0.3, -0.25) is 9.59 Å². The molecule has 0 saturated carbocycles. The largest absolute Gasteiger partial charge is 0.466 e. The summed E-state index contributed by atoms with van der Waals surface area (Å²) in [5.74, 6) is -11.8. The van der Waals surface area contributed by atoms with Crippen molar-refractivity contribution >= 4 is 11.9 Å². The average Bonchev–Trinajstić information content (AvgIpc) is 2.72. The van der Waals surface area contributed by atoms with Gasteiger partial charge in [0.15, 0.2) is 0 Å². The fourth-order valence-electron chi connectivity index (χ4n) is 3.92. The predicted octanol–water partition coefficient (Wildman–Crippen LogP) is 2.11. The van der Waals surface area contributed by atoms with E-state index in [1.807, 2.05) is 0 Å². The molecule has 2 rings (SSSR count). The van der Waals surface area contributed by atoms with Gasteiger partial charge in [-0.2, -0.15) is 31.6 Å². The standard InChI is InChI=1S/C20H20F6N2O6/c1-3-33-15(29)13-12(11-7-5-10(9-27)6-8-11)14(16(30)34-4-2)18(32,20(24,25)26)28-17(13,31)19(21,22)23/h5-8,12-14,28,31-32H,3-4H2,1-2H3/t12?,13-,14+,17-,18+. The molecule has 1 saturated heterocycles. The van der Waals surface area contributed by atoms with Crippen LogP contribution in [0.3, 0.4) is 0 Å². The maximum absolute atomic E-state index is 14.0. The third kappa shape index (κ3) is 4.55. The summed E-state index contributed by atoms with van der Waals surface area (Å²) in [4.78, 5) is 25.3. The molecule has 0 aliphatic carbocycles. The van der Waals surface area contributed by atoms with Crippen LogP contribution in [0.5, 0.6) is 0 Å². The molecule has 1 aromatic rings. The van der Waals surface area contributed by atoms with Gasteiger partial charge in [-0.15, -0.1) is 0 Å². The lowest BCUT2D eigenvalue weighted by atomic mass is 9.64. The van der Waals surface area contributed by atoms with Crippen LogP contribution in [0.1, 0.15) is 30.9 Å². The normalized spacial score (nSPS) is 29.7. The Bertz CT molecular complexity index is 912. The van der Waals surface area contributed by atoms with Gasteiger partial charge in [0.25, 0.3) is 0 Å². The zero-order chi connectivity index (χ0) is 26.1. The number of carbonyl (C=O) groups excluding carboxylic acids is 2. The van der Waals surface area contributed by atoms with Gasteiger partial charge >= 0.3 is 24.3 Å². The lowest BCUT2D eigenvalue weighted by molar-refractivity contribution is -0.376. The minimum atomic E-state index is -5.96. The van der Waals surface area contributed by atoms with Crippen molar-refractivity contribution in [1.82, 2.24) is 5.32 Å². The van der Waals surface area contributed by atoms with E-state index in [0.29, 0.717) is 5.32 Å². The van der Waals surface area contributed by atoms with Crippen molar-refractivity contribution in [2.45, 2.75) is 43.6 Å². The molecule has 14 heteroatoms. The van der Waals surface area contributed by atoms with Crippen molar-refractivity contribution in [3.05, 3.63) is 35.4 Å². The molecule has 5 atom stereocenters. The first-order valence-corrected chi connectivity index (χ1v) is 9.79. The number of hydrogen-bond acceptors (Lipinski definition) is 8. The highest BCUT2D eigenvalue weighted by Gasteiger charge is 2.78. The van der Waals surface area contributed by atoms with E-state index >= 15 is 0 Å². The molecular weight excluding hydrogens is 478 g/mol. The molecule has 0 radical (unpaired) electrons. The van der Waals surface area contributed by atoms with Gasteiger partial charge < -0.3 is 19.7 Å². The van der Waals surface area contributed by atoms with Gasteiger partial charge in [0, 0.05) is 5.92 Å². The van der Waals surface area contributed by atoms with Gasteiger partial charge in [-0.1, -0.05) is 12.1 Å². The number of hydrogen-bond donors (Lipinski definition) is 3. The molecule has 1 heterocycles. The van der Waals surface area contributed by atoms with Crippen LogP contribution in [0, 0.1) is 23.2 Å². The number of esters is 2. The second kappa shape index (κ2) is 9.40. The van der Waals surface area contributed by atoms with Crippen molar-refractivity contribution in [1.29, 1.82) is 5.26 Å². The van der Waals surface area contributed by atoms with E-state index in [0.717, 1.165) is 24.3 Å². The van der Waals surface area contributed by atoms with Crippen molar-refractivity contribution in [3.63, 3.8) is 0 Å². The van der Waals surface area contributed by atoms with Gasteiger partial charge in [0.05, 0.1) is 24.8 Å². The Kier molecular flexibility index (Phi) is 7.56. The molecule has 1 aromatic carbocycles. The Morgan fingerprint density at radius 3 is 1.62 bits per heavy atom. The second-order valence-electron chi connectivity index (χ2n) is 7.37. The topological polar surface area (TPSA) is 129 Å². The highest BCUT2D eigenvalue weighted by molar-refractivity contribution is 5.81. The zero-order valence-corrected chi connectivity index (χ0v) is 17.7. The van der Waals surface area contributed by atoms with E-state index in [1.165, 1.54) is 13.8 Å². The first kappa shape index (κ1) is 27.4. The quantitative estimate of drug-likeness (QED) is 0.416. The molecule has 1 aliphatic heterocycles. The number of halogens is 6. The van der Waals surface area contributed by atoms with Crippen LogP contribution in [0.2, 0.25) is 0 Å². The van der Waals surface area contributed by atoms with Crippen LogP contribution in [-0.4, -0.2) is 59.2 Å². The monoisotopic (exact) mass is 498 g/mol. The molecule has 0 spiro atoms. The number of ether oxygens (including phenoxy) is 2. The summed E-state index contributed by atoms with van der Waals surface area (Å²) in [6, 6.07) is 5.53. The van der Waals surface area contributed by atoms with E-state index in [1.54, 1.807) is 6.07 Å². The third-order valence-electron chi connectivity index (χ3n) is 5.37. The number of rotatable bonds is 5. The number of nitrogens with zero attached hydrogens (tertiary/aromatic N) is 1. The van der Waals surface area contributed by atoms with Crippen LogP contribution in [0.4, 0.5) is 26.3 Å². The van der Waals surface area contributed by atoms with Gasteiger partial charge in [-0.05, 0) is 31.5 Å². The highest BCUT2D eigenvalue weighted by Crippen LogP contribution is 2.55. The molecule has 0 bridgehead atoms. The summed E-state index contributed by atoms with van der Waals surface area (Å²) >= 11 is 0. The lowest BCUT2D eigenvalue weighted by Gasteiger charge is -2.54. The maximum atomic E-state index is 14.0. The number of piperidine rings is 1. The van der Waals surface area contributed by atoms with Crippen molar-refractivity contribution in [2.75, 3.05) is 13.2 Å². The molecule has 8 nitrogen and oxygen atoms in total. The SMILES string of the molecule is CCOC(=O)[C@@H]1C(c2ccc(C#N)cc2)[C@H](C(=O)OCC)[C@@](O)(C(F)(F)F)N[C@@]1(O)C(F)(F)F. The van der Waals surface area contributed by atoms with E-state index in [9.17, 15) is 46.1 Å². The smallest absolute Gasteiger partial charge is 0.432 e. The highest BCUT2D eigenvalue weighted by atomic mass is 19.4. The molecule has 1 aliphatic rings. The van der Waals surface area contributed by atoms with Crippen molar-refractivity contribution < 1.29 is 55.6 Å². The Hall–Kier alpha value is -2.89. The summed E-state index contributed by atoms with van der Waals surface area (Å²) in [6.07, 6.45) is -11.9. The fraction of sp³-hybridized carbons (Fsp3) is 0.550. The number of nitriles is 1. The number of benzene rings is 1. The first-order chi connectivity index (χ1) is 15.6. The number of nitrogens with one attached hydrogen (secondary N) is 1. The minimum Gasteiger partial charge on any atom is -0.466 e. The predicted molar refractivity (Wildman–Crippen MR) is 99.3 cm³/mol. The maximum Gasteiger partial charge on any atom is 0.432 e. The average molecular weight is 498 g/mol. The molecule has 34 heavy (non-hydrogen) atoms. The summed E-state index contributed by atoms with van der Waals surface area (Å²) in [6.45, 7) is 1.37. The summed E-state index contributed by atoms with van der Waals surface area (Å²) in [7, 11) is 0. The fourth-order valence-corrected chi connectivity index (χ4v) is 3.92. The van der Waals surface area contributed by atoms with Crippen LogP contribution < -0.4 is 5.32 Å². The summed E-state index contributed by atoms with van der Waals surface area (Å²) in [5, 5.41) is 30.7. The third-order valence-corrected chi connectivity index (χ3v) is 5.37. The second-order valence-corrected chi connectivity index (χ2v) is 7.37. The number of alkyl halides is 6. The van der Waals surface area contributed by atoms with Crippen molar-refractivity contribution in [2.24, 2.45) is 11.8 Å². The summed E-state index contributed by atoms with van der Waals surface area (Å²) in [5.41, 5.74) is -9.92. The Morgan fingerprint density at radius 1 is 0.941 bits per heavy atom. The number of aliphatic hydroxyl groups is 2. The van der Waals surface area contributed by atoms with Gasteiger partial charge in [0.1, 0.15) is 11.8 Å². The van der Waals surface area contributed by atoms with Gasteiger partial charge in [0.2, 0.25) is 11.4 Å². The Balaban J connectivity index is 2.97. The molecule has 1 fully saturated rings.